The zero-order valence-electron chi connectivity index (χ0n) is 15.6. The maximum Gasteiger partial charge on any atom is 0.243 e. The molecule has 2 heterocycles. The van der Waals surface area contributed by atoms with Crippen LogP contribution in [0.25, 0.3) is 0 Å². The number of hydrogen-bond donors (Lipinski definition) is 0. The van der Waals surface area contributed by atoms with Crippen LogP contribution in [0.2, 0.25) is 0 Å². The first-order valence-electron chi connectivity index (χ1n) is 9.12. The lowest BCUT2D eigenvalue weighted by Crippen LogP contribution is -2.83. The van der Waals surface area contributed by atoms with Gasteiger partial charge in [-0.05, 0) is 44.9 Å². The Bertz CT molecular complexity index is 899. The van der Waals surface area contributed by atoms with E-state index in [1.165, 1.54) is 5.56 Å². The zero-order chi connectivity index (χ0) is 18.6. The Morgan fingerprint density at radius 1 is 0.962 bits per heavy atom. The zero-order valence-corrected chi connectivity index (χ0v) is 16.5. The van der Waals surface area contributed by atoms with E-state index in [-0.39, 0.29) is 11.1 Å². The van der Waals surface area contributed by atoms with Gasteiger partial charge in [0.25, 0.3) is 0 Å². The Kier molecular flexibility index (Phi) is 4.03. The van der Waals surface area contributed by atoms with Gasteiger partial charge in [-0.3, -0.25) is 4.90 Å². The quantitative estimate of drug-likeness (QED) is 0.828. The molecule has 4 nitrogen and oxygen atoms in total. The third-order valence-corrected chi connectivity index (χ3v) is 7.65. The van der Waals surface area contributed by atoms with Crippen molar-refractivity contribution < 1.29 is 8.42 Å². The highest BCUT2D eigenvalue weighted by atomic mass is 32.2. The third kappa shape index (κ3) is 2.79. The molecule has 2 aliphatic heterocycles. The lowest BCUT2D eigenvalue weighted by Gasteiger charge is -2.70. The van der Waals surface area contributed by atoms with E-state index in [9.17, 15) is 8.42 Å². The van der Waals surface area contributed by atoms with Crippen molar-refractivity contribution in [2.45, 2.75) is 49.7 Å². The molecule has 0 radical (unpaired) electrons. The van der Waals surface area contributed by atoms with Gasteiger partial charge in [-0.25, -0.2) is 8.42 Å². The Morgan fingerprint density at radius 2 is 1.58 bits per heavy atom. The number of hydrogen-bond acceptors (Lipinski definition) is 3. The molecule has 2 aromatic carbocycles. The summed E-state index contributed by atoms with van der Waals surface area (Å²) in [5.41, 5.74) is 2.44. The summed E-state index contributed by atoms with van der Waals surface area (Å²) in [6, 6.07) is 17.6. The van der Waals surface area contributed by atoms with Gasteiger partial charge in [-0.1, -0.05) is 48.0 Å². The van der Waals surface area contributed by atoms with Crippen LogP contribution in [-0.4, -0.2) is 41.8 Å². The van der Waals surface area contributed by atoms with Gasteiger partial charge in [-0.2, -0.15) is 4.31 Å². The highest BCUT2D eigenvalue weighted by Crippen LogP contribution is 2.51. The highest BCUT2D eigenvalue weighted by molar-refractivity contribution is 7.89. The van der Waals surface area contributed by atoms with E-state index >= 15 is 0 Å². The standard InChI is InChI=1S/C21H26N2O2S/c1-17-9-11-19(12-10-17)26(24,25)22-15-21(16-22)14-20(2,3)23(21)13-18-7-5-4-6-8-18/h4-12H,13-16H2,1-3H3. The molecule has 138 valence electrons. The van der Waals surface area contributed by atoms with E-state index in [0.717, 1.165) is 18.5 Å². The number of likely N-dealkylation sites (tertiary alicyclic amines) is 1. The van der Waals surface area contributed by atoms with Crippen LogP contribution in [0.5, 0.6) is 0 Å². The fourth-order valence-corrected chi connectivity index (χ4v) is 6.22. The topological polar surface area (TPSA) is 40.6 Å². The maximum atomic E-state index is 12.9. The molecule has 2 aromatic rings. The molecule has 0 atom stereocenters. The summed E-state index contributed by atoms with van der Waals surface area (Å²) in [4.78, 5) is 2.88. The van der Waals surface area contributed by atoms with Crippen molar-refractivity contribution in [1.29, 1.82) is 0 Å². The Balaban J connectivity index is 1.51. The number of aryl methyl sites for hydroxylation is 1. The van der Waals surface area contributed by atoms with Gasteiger partial charge >= 0.3 is 0 Å². The van der Waals surface area contributed by atoms with Crippen LogP contribution in [-0.2, 0) is 16.6 Å². The molecule has 4 rings (SSSR count). The summed E-state index contributed by atoms with van der Waals surface area (Å²) in [6.45, 7) is 8.49. The van der Waals surface area contributed by atoms with Crippen molar-refractivity contribution in [3.8, 4) is 0 Å². The van der Waals surface area contributed by atoms with Crippen molar-refractivity contribution in [1.82, 2.24) is 9.21 Å². The third-order valence-electron chi connectivity index (χ3n) is 5.85. The van der Waals surface area contributed by atoms with Crippen molar-refractivity contribution >= 4 is 10.0 Å². The van der Waals surface area contributed by atoms with Crippen molar-refractivity contribution in [3.05, 3.63) is 65.7 Å². The molecule has 2 fully saturated rings. The molecular weight excluding hydrogens is 344 g/mol. The summed E-state index contributed by atoms with van der Waals surface area (Å²) in [7, 11) is -3.39. The second-order valence-electron chi connectivity index (χ2n) is 8.37. The molecule has 0 N–H and O–H groups in total. The average molecular weight is 371 g/mol. The molecule has 0 aromatic heterocycles. The van der Waals surface area contributed by atoms with Crippen molar-refractivity contribution in [3.63, 3.8) is 0 Å². The summed E-state index contributed by atoms with van der Waals surface area (Å²) in [5.74, 6) is 0. The molecule has 1 spiro atoms. The molecule has 26 heavy (non-hydrogen) atoms. The second kappa shape index (κ2) is 5.91. The first-order valence-corrected chi connectivity index (χ1v) is 10.6. The fourth-order valence-electron chi connectivity index (χ4n) is 4.62. The molecule has 2 saturated heterocycles. The van der Waals surface area contributed by atoms with Crippen LogP contribution in [0, 0.1) is 6.92 Å². The van der Waals surface area contributed by atoms with E-state index in [2.05, 4.69) is 43.0 Å². The minimum atomic E-state index is -3.39. The lowest BCUT2D eigenvalue weighted by atomic mass is 9.67. The molecule has 0 amide bonds. The SMILES string of the molecule is Cc1ccc(S(=O)(=O)N2CC3(C2)CC(C)(C)N3Cc2ccccc2)cc1. The molecule has 0 aliphatic carbocycles. The smallest absolute Gasteiger partial charge is 0.243 e. The highest BCUT2D eigenvalue weighted by Gasteiger charge is 2.63. The molecule has 0 bridgehead atoms. The summed E-state index contributed by atoms with van der Waals surface area (Å²) in [6.07, 6.45) is 1.03. The van der Waals surface area contributed by atoms with Gasteiger partial charge in [0.2, 0.25) is 10.0 Å². The second-order valence-corrected chi connectivity index (χ2v) is 10.3. The Labute approximate surface area is 156 Å². The van der Waals surface area contributed by atoms with E-state index < -0.39 is 10.0 Å². The summed E-state index contributed by atoms with van der Waals surface area (Å²) < 4.78 is 27.4. The Hall–Kier alpha value is -1.69. The van der Waals surface area contributed by atoms with Crippen molar-refractivity contribution in [2.24, 2.45) is 0 Å². The molecule has 2 aliphatic rings. The maximum absolute atomic E-state index is 12.9. The molecule has 0 saturated carbocycles. The molecule has 0 unspecified atom stereocenters. The average Bonchev–Trinajstić information content (AvgIpc) is 2.57. The van der Waals surface area contributed by atoms with Crippen LogP contribution in [0.4, 0.5) is 0 Å². The van der Waals surface area contributed by atoms with Gasteiger partial charge < -0.3 is 0 Å². The van der Waals surface area contributed by atoms with Crippen molar-refractivity contribution in [2.75, 3.05) is 13.1 Å². The van der Waals surface area contributed by atoms with Gasteiger partial charge in [0, 0.05) is 25.2 Å². The van der Waals surface area contributed by atoms with Gasteiger partial charge in [0.15, 0.2) is 0 Å². The van der Waals surface area contributed by atoms with Crippen LogP contribution < -0.4 is 0 Å². The molecule has 5 heteroatoms. The summed E-state index contributed by atoms with van der Waals surface area (Å²) in [5, 5.41) is 0. The predicted octanol–water partition coefficient (Wildman–Crippen LogP) is 3.42. The lowest BCUT2D eigenvalue weighted by molar-refractivity contribution is -0.183. The van der Waals surface area contributed by atoms with E-state index in [1.807, 2.05) is 25.1 Å². The van der Waals surface area contributed by atoms with Gasteiger partial charge in [0.05, 0.1) is 10.4 Å². The van der Waals surface area contributed by atoms with Gasteiger partial charge in [-0.15, -0.1) is 0 Å². The number of rotatable bonds is 4. The van der Waals surface area contributed by atoms with E-state index in [0.29, 0.717) is 18.0 Å². The summed E-state index contributed by atoms with van der Waals surface area (Å²) >= 11 is 0. The fraction of sp³-hybridized carbons (Fsp3) is 0.429. The molecular formula is C21H26N2O2S. The monoisotopic (exact) mass is 370 g/mol. The largest absolute Gasteiger partial charge is 0.286 e. The van der Waals surface area contributed by atoms with Crippen LogP contribution in [0.1, 0.15) is 31.4 Å². The minimum absolute atomic E-state index is 0.0168. The number of nitrogens with zero attached hydrogens (tertiary/aromatic N) is 2. The van der Waals surface area contributed by atoms with E-state index in [4.69, 9.17) is 0 Å². The number of benzene rings is 2. The normalized spacial score (nSPS) is 22.0. The van der Waals surface area contributed by atoms with Crippen LogP contribution >= 0.6 is 0 Å². The minimum Gasteiger partial charge on any atom is -0.286 e. The number of sulfonamides is 1. The van der Waals surface area contributed by atoms with E-state index in [1.54, 1.807) is 16.4 Å². The van der Waals surface area contributed by atoms with Crippen LogP contribution in [0.15, 0.2) is 59.5 Å². The Morgan fingerprint density at radius 3 is 2.15 bits per heavy atom. The van der Waals surface area contributed by atoms with Gasteiger partial charge in [0.1, 0.15) is 0 Å². The first kappa shape index (κ1) is 17.7. The first-order chi connectivity index (χ1) is 12.2. The van der Waals surface area contributed by atoms with Crippen LogP contribution in [0.3, 0.4) is 0 Å². The predicted molar refractivity (Wildman–Crippen MR) is 103 cm³/mol.